The van der Waals surface area contributed by atoms with Crippen molar-refractivity contribution < 1.29 is 4.74 Å². The molecule has 1 aromatic carbocycles. The first-order valence-corrected chi connectivity index (χ1v) is 6.98. The van der Waals surface area contributed by atoms with E-state index >= 15 is 0 Å². The van der Waals surface area contributed by atoms with Gasteiger partial charge in [0, 0.05) is 5.57 Å². The fourth-order valence-electron chi connectivity index (χ4n) is 1.03. The van der Waals surface area contributed by atoms with Gasteiger partial charge in [-0.15, -0.1) is 0 Å². The van der Waals surface area contributed by atoms with Gasteiger partial charge in [-0.2, -0.15) is 0 Å². The molecule has 0 aliphatic carbocycles. The van der Waals surface area contributed by atoms with E-state index in [2.05, 4.69) is 54.4 Å². The van der Waals surface area contributed by atoms with Crippen molar-refractivity contribution in [2.45, 2.75) is 10.3 Å². The van der Waals surface area contributed by atoms with Crippen LogP contribution >= 0.6 is 47.8 Å². The zero-order chi connectivity index (χ0) is 12.2. The summed E-state index contributed by atoms with van der Waals surface area (Å²) in [7, 11) is 0. The van der Waals surface area contributed by atoms with E-state index in [-0.39, 0.29) is 0 Å². The monoisotopic (exact) mass is 408 g/mol. The molecule has 0 saturated heterocycles. The largest absolute Gasteiger partial charge is 0.461 e. The molecule has 0 atom stereocenters. The Hall–Kier alpha value is -0.0600. The van der Waals surface area contributed by atoms with Gasteiger partial charge in [-0.1, -0.05) is 30.9 Å². The Morgan fingerprint density at radius 2 is 2.00 bits per heavy atom. The van der Waals surface area contributed by atoms with Crippen LogP contribution in [0.4, 0.5) is 0 Å². The van der Waals surface area contributed by atoms with E-state index in [0.29, 0.717) is 0 Å². The third-order valence-electron chi connectivity index (χ3n) is 1.82. The lowest BCUT2D eigenvalue weighted by Crippen LogP contribution is -2.21. The van der Waals surface area contributed by atoms with Gasteiger partial charge in [0.25, 0.3) is 0 Å². The van der Waals surface area contributed by atoms with Gasteiger partial charge in [-0.05, 0) is 66.8 Å². The molecule has 0 radical (unpaired) electrons. The minimum Gasteiger partial charge on any atom is -0.461 e. The molecule has 0 unspecified atom stereocenters. The Morgan fingerprint density at radius 1 is 1.38 bits per heavy atom. The van der Waals surface area contributed by atoms with E-state index in [0.717, 1.165) is 15.8 Å². The fraction of sp³-hybridized carbons (Fsp3) is 0.167. The number of ether oxygens (including phenoxy) is 1. The lowest BCUT2D eigenvalue weighted by atomic mass is 10.3. The summed E-state index contributed by atoms with van der Waals surface area (Å²) in [5.41, 5.74) is 0.783. The molecule has 0 fully saturated rings. The van der Waals surface area contributed by atoms with Crippen LogP contribution in [0, 0.1) is 0 Å². The summed E-state index contributed by atoms with van der Waals surface area (Å²) in [6, 6.07) is 7.64. The molecule has 1 aromatic rings. The SMILES string of the molecule is C=C(C=CC)C(Br)(Br)Oc1ccccc1Br. The van der Waals surface area contributed by atoms with Crippen molar-refractivity contribution >= 4 is 47.8 Å². The highest BCUT2D eigenvalue weighted by Crippen LogP contribution is 2.39. The van der Waals surface area contributed by atoms with Crippen LogP contribution in [0.3, 0.4) is 0 Å². The van der Waals surface area contributed by atoms with E-state index in [9.17, 15) is 0 Å². The second-order valence-corrected chi connectivity index (χ2v) is 7.23. The third-order valence-corrected chi connectivity index (χ3v) is 3.81. The number of para-hydroxylation sites is 1. The van der Waals surface area contributed by atoms with Crippen LogP contribution in [0.2, 0.25) is 0 Å². The van der Waals surface area contributed by atoms with Crippen LogP contribution in [0.5, 0.6) is 5.75 Å². The van der Waals surface area contributed by atoms with Crippen LogP contribution in [-0.4, -0.2) is 3.42 Å². The number of rotatable bonds is 4. The summed E-state index contributed by atoms with van der Waals surface area (Å²) in [5, 5.41) is 0. The summed E-state index contributed by atoms with van der Waals surface area (Å²) in [4.78, 5) is 0. The van der Waals surface area contributed by atoms with E-state index in [1.54, 1.807) is 0 Å². The van der Waals surface area contributed by atoms with Crippen molar-refractivity contribution in [3.8, 4) is 5.75 Å². The molecule has 0 amide bonds. The van der Waals surface area contributed by atoms with Gasteiger partial charge in [0.2, 0.25) is 3.42 Å². The van der Waals surface area contributed by atoms with E-state index in [1.807, 2.05) is 43.3 Å². The van der Waals surface area contributed by atoms with E-state index in [1.165, 1.54) is 0 Å². The quantitative estimate of drug-likeness (QED) is 0.476. The molecule has 0 aromatic heterocycles. The van der Waals surface area contributed by atoms with Gasteiger partial charge < -0.3 is 4.74 Å². The number of hydrogen-bond donors (Lipinski definition) is 0. The Labute approximate surface area is 121 Å². The Balaban J connectivity index is 2.88. The van der Waals surface area contributed by atoms with Crippen molar-refractivity contribution in [1.29, 1.82) is 0 Å². The molecule has 0 heterocycles. The highest BCUT2D eigenvalue weighted by atomic mass is 79.9. The maximum absolute atomic E-state index is 5.78. The number of hydrogen-bond acceptors (Lipinski definition) is 1. The van der Waals surface area contributed by atoms with Crippen molar-refractivity contribution in [3.05, 3.63) is 53.0 Å². The average molecular weight is 411 g/mol. The second kappa shape index (κ2) is 6.03. The molecule has 4 heteroatoms. The second-order valence-electron chi connectivity index (χ2n) is 3.07. The standard InChI is InChI=1S/C12H11Br3O/c1-3-6-9(2)12(14,15)16-11-8-5-4-7-10(11)13/h3-8H,2H2,1H3. The first-order chi connectivity index (χ1) is 7.47. The third kappa shape index (κ3) is 3.75. The molecule has 0 aliphatic heterocycles. The molecule has 0 N–H and O–H groups in total. The summed E-state index contributed by atoms with van der Waals surface area (Å²) in [6.07, 6.45) is 3.78. The van der Waals surface area contributed by atoms with Crippen LogP contribution in [-0.2, 0) is 0 Å². The number of allylic oxidation sites excluding steroid dienone is 1. The van der Waals surface area contributed by atoms with Gasteiger partial charge in [0.05, 0.1) is 4.47 Å². The van der Waals surface area contributed by atoms with Crippen LogP contribution < -0.4 is 4.74 Å². The van der Waals surface area contributed by atoms with Gasteiger partial charge in [0.15, 0.2) is 0 Å². The summed E-state index contributed by atoms with van der Waals surface area (Å²) >= 11 is 10.3. The summed E-state index contributed by atoms with van der Waals surface area (Å²) in [6.45, 7) is 5.85. The highest BCUT2D eigenvalue weighted by Gasteiger charge is 2.27. The molecule has 0 aliphatic rings. The molecule has 86 valence electrons. The smallest absolute Gasteiger partial charge is 0.243 e. The molecule has 0 saturated carbocycles. The van der Waals surface area contributed by atoms with Gasteiger partial charge in [-0.3, -0.25) is 0 Å². The van der Waals surface area contributed by atoms with E-state index < -0.39 is 3.42 Å². The number of alkyl halides is 2. The molecule has 0 bridgehead atoms. The number of benzene rings is 1. The fourth-order valence-corrected chi connectivity index (χ4v) is 2.01. The molecule has 1 rings (SSSR count). The summed E-state index contributed by atoms with van der Waals surface area (Å²) < 4.78 is 5.90. The van der Waals surface area contributed by atoms with Crippen molar-refractivity contribution in [2.75, 3.05) is 0 Å². The van der Waals surface area contributed by atoms with Crippen LogP contribution in [0.15, 0.2) is 53.0 Å². The zero-order valence-corrected chi connectivity index (χ0v) is 13.5. The zero-order valence-electron chi connectivity index (χ0n) is 8.71. The first kappa shape index (κ1) is 14.0. The maximum atomic E-state index is 5.78. The Morgan fingerprint density at radius 3 is 2.56 bits per heavy atom. The topological polar surface area (TPSA) is 9.23 Å². The summed E-state index contributed by atoms with van der Waals surface area (Å²) in [5.74, 6) is 0.738. The van der Waals surface area contributed by atoms with Gasteiger partial charge >= 0.3 is 0 Å². The van der Waals surface area contributed by atoms with E-state index in [4.69, 9.17) is 4.74 Å². The molecular weight excluding hydrogens is 400 g/mol. The molecular formula is C12H11Br3O. The lowest BCUT2D eigenvalue weighted by Gasteiger charge is -2.23. The van der Waals surface area contributed by atoms with Gasteiger partial charge in [-0.25, -0.2) is 0 Å². The predicted molar refractivity (Wildman–Crippen MR) is 79.3 cm³/mol. The molecule has 16 heavy (non-hydrogen) atoms. The van der Waals surface area contributed by atoms with Crippen LogP contribution in [0.1, 0.15) is 6.92 Å². The highest BCUT2D eigenvalue weighted by molar-refractivity contribution is 9.25. The normalized spacial score (nSPS) is 11.8. The van der Waals surface area contributed by atoms with Gasteiger partial charge in [0.1, 0.15) is 5.75 Å². The maximum Gasteiger partial charge on any atom is 0.243 e. The first-order valence-electron chi connectivity index (χ1n) is 4.61. The van der Waals surface area contributed by atoms with Crippen molar-refractivity contribution in [1.82, 2.24) is 0 Å². The Bertz CT molecular complexity index is 410. The number of halogens is 3. The van der Waals surface area contributed by atoms with Crippen LogP contribution in [0.25, 0.3) is 0 Å². The van der Waals surface area contributed by atoms with Crippen molar-refractivity contribution in [3.63, 3.8) is 0 Å². The lowest BCUT2D eigenvalue weighted by molar-refractivity contribution is 0.306. The Kier molecular flexibility index (Phi) is 5.28. The van der Waals surface area contributed by atoms with Crippen molar-refractivity contribution in [2.24, 2.45) is 0 Å². The minimum atomic E-state index is -0.781. The molecule has 1 nitrogen and oxygen atoms in total. The predicted octanol–water partition coefficient (Wildman–Crippen LogP) is 5.40. The minimum absolute atomic E-state index is 0.738. The average Bonchev–Trinajstić information content (AvgIpc) is 2.21. The molecule has 0 spiro atoms.